The summed E-state index contributed by atoms with van der Waals surface area (Å²) in [6.45, 7) is 4.26. The predicted octanol–water partition coefficient (Wildman–Crippen LogP) is 5.79. The Hall–Kier alpha value is -0.350. The van der Waals surface area contributed by atoms with Gasteiger partial charge in [-0.25, -0.2) is 4.39 Å². The largest absolute Gasteiger partial charge is 0.324 e. The Bertz CT molecular complexity index is 374. The summed E-state index contributed by atoms with van der Waals surface area (Å²) in [7, 11) is 0. The second kappa shape index (κ2) is 17.5. The Morgan fingerprint density at radius 1 is 0.875 bits per heavy atom. The molecule has 0 saturated carbocycles. The molecule has 0 fully saturated rings. The molecule has 0 aromatic heterocycles. The third-order valence-electron chi connectivity index (χ3n) is 4.14. The lowest BCUT2D eigenvalue weighted by molar-refractivity contribution is 0.535. The average molecular weight is 381 g/mol. The van der Waals surface area contributed by atoms with Gasteiger partial charge in [-0.1, -0.05) is 64.0 Å². The van der Waals surface area contributed by atoms with Gasteiger partial charge in [-0.15, -0.1) is 24.8 Å². The molecule has 0 aliphatic heterocycles. The van der Waals surface area contributed by atoms with Gasteiger partial charge in [-0.05, 0) is 43.6 Å². The van der Waals surface area contributed by atoms with Gasteiger partial charge in [-0.3, -0.25) is 0 Å². The molecule has 1 rings (SSSR count). The summed E-state index contributed by atoms with van der Waals surface area (Å²) in [6.07, 6.45) is 11.7. The predicted molar refractivity (Wildman–Crippen MR) is 108 cm³/mol. The minimum absolute atomic E-state index is 0. The van der Waals surface area contributed by atoms with Crippen molar-refractivity contribution in [1.29, 1.82) is 0 Å². The number of nitrogens with one attached hydrogen (secondary N) is 1. The highest BCUT2D eigenvalue weighted by Crippen LogP contribution is 2.13. The monoisotopic (exact) mass is 380 g/mol. The molecular weight excluding hydrogens is 346 g/mol. The first-order chi connectivity index (χ1) is 10.7. The summed E-state index contributed by atoms with van der Waals surface area (Å²) in [5.41, 5.74) is 7.11. The van der Waals surface area contributed by atoms with Crippen LogP contribution < -0.4 is 11.1 Å². The van der Waals surface area contributed by atoms with Crippen molar-refractivity contribution in [2.24, 2.45) is 5.73 Å². The molecule has 0 heterocycles. The van der Waals surface area contributed by atoms with Gasteiger partial charge in [0, 0.05) is 6.04 Å². The van der Waals surface area contributed by atoms with Gasteiger partial charge in [0.05, 0.1) is 0 Å². The molecular formula is C19H35Cl2FN2. The van der Waals surface area contributed by atoms with Crippen LogP contribution >= 0.6 is 24.8 Å². The number of unbranched alkanes of at least 4 members (excludes halogenated alkanes) is 7. The van der Waals surface area contributed by atoms with Gasteiger partial charge < -0.3 is 11.1 Å². The standard InChI is InChI=1S/C19H33FN2.2ClH/c1-2-3-4-5-6-7-8-9-15-22-16-14-19(21)17-10-12-18(20)13-11-17;;/h10-13,19,22H,2-9,14-16,21H2,1H3;2*1H. The van der Waals surface area contributed by atoms with E-state index in [-0.39, 0.29) is 36.7 Å². The van der Waals surface area contributed by atoms with E-state index in [1.165, 1.54) is 63.5 Å². The van der Waals surface area contributed by atoms with Crippen LogP contribution in [0.3, 0.4) is 0 Å². The molecule has 1 atom stereocenters. The van der Waals surface area contributed by atoms with E-state index < -0.39 is 0 Å². The summed E-state index contributed by atoms with van der Waals surface area (Å²) in [5.74, 6) is -0.205. The maximum atomic E-state index is 12.8. The van der Waals surface area contributed by atoms with E-state index in [0.717, 1.165) is 25.1 Å². The van der Waals surface area contributed by atoms with Crippen LogP contribution in [0.5, 0.6) is 0 Å². The van der Waals surface area contributed by atoms with Crippen LogP contribution in [-0.4, -0.2) is 13.1 Å². The van der Waals surface area contributed by atoms with Crippen LogP contribution in [0.4, 0.5) is 4.39 Å². The van der Waals surface area contributed by atoms with Crippen molar-refractivity contribution in [2.45, 2.75) is 70.8 Å². The molecule has 142 valence electrons. The van der Waals surface area contributed by atoms with Crippen molar-refractivity contribution in [2.75, 3.05) is 13.1 Å². The van der Waals surface area contributed by atoms with Crippen molar-refractivity contribution in [3.8, 4) is 0 Å². The molecule has 24 heavy (non-hydrogen) atoms. The molecule has 0 amide bonds. The van der Waals surface area contributed by atoms with Crippen molar-refractivity contribution in [1.82, 2.24) is 5.32 Å². The quantitative estimate of drug-likeness (QED) is 0.425. The molecule has 0 spiro atoms. The molecule has 0 saturated heterocycles. The Kier molecular flexibility index (Phi) is 18.8. The fraction of sp³-hybridized carbons (Fsp3) is 0.684. The Morgan fingerprint density at radius 3 is 2.00 bits per heavy atom. The average Bonchev–Trinajstić information content (AvgIpc) is 2.53. The van der Waals surface area contributed by atoms with Gasteiger partial charge >= 0.3 is 0 Å². The van der Waals surface area contributed by atoms with E-state index >= 15 is 0 Å². The fourth-order valence-electron chi connectivity index (χ4n) is 2.64. The molecule has 0 radical (unpaired) electrons. The highest BCUT2D eigenvalue weighted by molar-refractivity contribution is 5.85. The second-order valence-corrected chi connectivity index (χ2v) is 6.17. The zero-order valence-electron chi connectivity index (χ0n) is 14.9. The molecule has 0 bridgehead atoms. The lowest BCUT2D eigenvalue weighted by Gasteiger charge is -2.12. The van der Waals surface area contributed by atoms with Crippen molar-refractivity contribution in [3.05, 3.63) is 35.6 Å². The van der Waals surface area contributed by atoms with Crippen molar-refractivity contribution >= 4 is 24.8 Å². The number of benzene rings is 1. The fourth-order valence-corrected chi connectivity index (χ4v) is 2.64. The van der Waals surface area contributed by atoms with Crippen LogP contribution in [0.2, 0.25) is 0 Å². The summed E-state index contributed by atoms with van der Waals surface area (Å²) in [4.78, 5) is 0. The Morgan fingerprint density at radius 2 is 1.42 bits per heavy atom. The molecule has 0 aliphatic carbocycles. The Labute approximate surface area is 160 Å². The third kappa shape index (κ3) is 13.0. The van der Waals surface area contributed by atoms with E-state index in [1.807, 2.05) is 0 Å². The van der Waals surface area contributed by atoms with Crippen LogP contribution in [0.25, 0.3) is 0 Å². The van der Waals surface area contributed by atoms with Gasteiger partial charge in [-0.2, -0.15) is 0 Å². The first kappa shape index (κ1) is 25.9. The highest BCUT2D eigenvalue weighted by atomic mass is 35.5. The minimum atomic E-state index is -0.205. The molecule has 3 N–H and O–H groups in total. The van der Waals surface area contributed by atoms with Crippen LogP contribution in [0.1, 0.15) is 76.3 Å². The highest BCUT2D eigenvalue weighted by Gasteiger charge is 2.05. The SMILES string of the molecule is CCCCCCCCCCNCCC(N)c1ccc(F)cc1.Cl.Cl. The van der Waals surface area contributed by atoms with E-state index in [2.05, 4.69) is 12.2 Å². The van der Waals surface area contributed by atoms with Crippen LogP contribution in [0, 0.1) is 5.82 Å². The zero-order valence-corrected chi connectivity index (χ0v) is 16.6. The van der Waals surface area contributed by atoms with Gasteiger partial charge in [0.25, 0.3) is 0 Å². The summed E-state index contributed by atoms with van der Waals surface area (Å²) in [6, 6.07) is 6.50. The van der Waals surface area contributed by atoms with Crippen LogP contribution in [-0.2, 0) is 0 Å². The van der Waals surface area contributed by atoms with Crippen molar-refractivity contribution in [3.63, 3.8) is 0 Å². The van der Waals surface area contributed by atoms with E-state index in [9.17, 15) is 4.39 Å². The maximum Gasteiger partial charge on any atom is 0.123 e. The van der Waals surface area contributed by atoms with E-state index in [0.29, 0.717) is 0 Å². The lowest BCUT2D eigenvalue weighted by Crippen LogP contribution is -2.22. The third-order valence-corrected chi connectivity index (χ3v) is 4.14. The minimum Gasteiger partial charge on any atom is -0.324 e. The first-order valence-corrected chi connectivity index (χ1v) is 8.95. The molecule has 1 aromatic rings. The van der Waals surface area contributed by atoms with Gasteiger partial charge in [0.1, 0.15) is 5.82 Å². The number of nitrogens with two attached hydrogens (primary N) is 1. The maximum absolute atomic E-state index is 12.8. The summed E-state index contributed by atoms with van der Waals surface area (Å²) < 4.78 is 12.8. The van der Waals surface area contributed by atoms with Gasteiger partial charge in [0.15, 0.2) is 0 Å². The molecule has 1 unspecified atom stereocenters. The van der Waals surface area contributed by atoms with Crippen LogP contribution in [0.15, 0.2) is 24.3 Å². The number of hydrogen-bond acceptors (Lipinski definition) is 2. The molecule has 5 heteroatoms. The molecule has 0 aliphatic rings. The molecule has 1 aromatic carbocycles. The summed E-state index contributed by atoms with van der Waals surface area (Å²) >= 11 is 0. The van der Waals surface area contributed by atoms with E-state index in [4.69, 9.17) is 5.73 Å². The topological polar surface area (TPSA) is 38.0 Å². The number of halogens is 3. The summed E-state index contributed by atoms with van der Waals surface area (Å²) in [5, 5.41) is 3.45. The number of rotatable bonds is 13. The van der Waals surface area contributed by atoms with E-state index in [1.54, 1.807) is 12.1 Å². The Balaban J connectivity index is 0. The van der Waals surface area contributed by atoms with Crippen molar-refractivity contribution < 1.29 is 4.39 Å². The smallest absolute Gasteiger partial charge is 0.123 e. The normalized spacial score (nSPS) is 11.5. The first-order valence-electron chi connectivity index (χ1n) is 8.95. The number of hydrogen-bond donors (Lipinski definition) is 2. The molecule has 2 nitrogen and oxygen atoms in total. The zero-order chi connectivity index (χ0) is 16.0. The van der Waals surface area contributed by atoms with Gasteiger partial charge in [0.2, 0.25) is 0 Å². The second-order valence-electron chi connectivity index (χ2n) is 6.17. The lowest BCUT2D eigenvalue weighted by atomic mass is 10.0.